The van der Waals surface area contributed by atoms with Crippen molar-refractivity contribution in [3.8, 4) is 44.5 Å². The van der Waals surface area contributed by atoms with Gasteiger partial charge in [-0.25, -0.2) is 11.3 Å². The molecule has 1 N–H and O–H groups in total. The van der Waals surface area contributed by atoms with Crippen molar-refractivity contribution in [1.82, 2.24) is 9.97 Å². The molecule has 240 valence electrons. The first kappa shape index (κ1) is 37.2. The van der Waals surface area contributed by atoms with Crippen LogP contribution in [0.25, 0.3) is 54.6 Å². The maximum Gasteiger partial charge on any atom is 0.155 e. The van der Waals surface area contributed by atoms with E-state index in [-0.39, 0.29) is 51.8 Å². The molecule has 5 nitrogen and oxygen atoms in total. The number of fused-ring (bicyclic) bond motifs is 1. The predicted octanol–water partition coefficient (Wildman–Crippen LogP) is 10.3. The van der Waals surface area contributed by atoms with E-state index >= 15 is 0 Å². The summed E-state index contributed by atoms with van der Waals surface area (Å²) in [6, 6.07) is 46.9. The number of carbonyl (C=O) groups is 1. The van der Waals surface area contributed by atoms with Crippen molar-refractivity contribution >= 4 is 27.2 Å². The molecule has 0 aliphatic heterocycles. The maximum atomic E-state index is 10.0. The first-order valence-electron chi connectivity index (χ1n) is 14.2. The van der Waals surface area contributed by atoms with E-state index in [0.29, 0.717) is 5.89 Å². The smallest absolute Gasteiger partial charge is 0.155 e. The van der Waals surface area contributed by atoms with Gasteiger partial charge in [0.15, 0.2) is 5.78 Å². The molecule has 0 bridgehead atoms. The van der Waals surface area contributed by atoms with Crippen molar-refractivity contribution in [3.63, 3.8) is 0 Å². The molecular formula is C39H30Ir2N2O3S-2. The number of benzene rings is 4. The Bertz CT molecular complexity index is 1900. The second-order valence-electron chi connectivity index (χ2n) is 9.92. The fourth-order valence-electron chi connectivity index (χ4n) is 4.32. The Morgan fingerprint density at radius 1 is 0.745 bits per heavy atom. The van der Waals surface area contributed by atoms with Gasteiger partial charge in [0.2, 0.25) is 0 Å². The van der Waals surface area contributed by atoms with E-state index in [1.54, 1.807) is 17.5 Å². The number of allylic oxidation sites excluding steroid dienone is 2. The van der Waals surface area contributed by atoms with Crippen molar-refractivity contribution in [1.29, 1.82) is 0 Å². The largest absolute Gasteiger partial charge is 0.512 e. The number of aliphatic hydroxyl groups is 1. The Balaban J connectivity index is 0.000000209. The van der Waals surface area contributed by atoms with E-state index < -0.39 is 0 Å². The zero-order valence-corrected chi connectivity index (χ0v) is 31.1. The van der Waals surface area contributed by atoms with Crippen LogP contribution >= 0.6 is 11.3 Å². The van der Waals surface area contributed by atoms with Gasteiger partial charge in [-0.05, 0) is 34.6 Å². The molecule has 8 heteroatoms. The fraction of sp³-hybridized carbons (Fsp3) is 0.0513. The molecule has 0 amide bonds. The number of oxazole rings is 1. The average Bonchev–Trinajstić information content (AvgIpc) is 3.75. The quantitative estimate of drug-likeness (QED) is 0.106. The summed E-state index contributed by atoms with van der Waals surface area (Å²) < 4.78 is 6.96. The summed E-state index contributed by atoms with van der Waals surface area (Å²) in [4.78, 5) is 20.0. The van der Waals surface area contributed by atoms with Crippen LogP contribution in [0.15, 0.2) is 150 Å². The van der Waals surface area contributed by atoms with Crippen LogP contribution in [0.4, 0.5) is 0 Å². The van der Waals surface area contributed by atoms with Gasteiger partial charge in [0, 0.05) is 63.7 Å². The number of ketones is 1. The first-order valence-corrected chi connectivity index (χ1v) is 15.1. The second-order valence-corrected chi connectivity index (χ2v) is 11.0. The van der Waals surface area contributed by atoms with Gasteiger partial charge in [0.05, 0.1) is 12.0 Å². The molecular weight excluding hydrogens is 961 g/mol. The van der Waals surface area contributed by atoms with E-state index in [0.717, 1.165) is 38.4 Å². The van der Waals surface area contributed by atoms with E-state index in [2.05, 4.69) is 64.6 Å². The van der Waals surface area contributed by atoms with Gasteiger partial charge in [-0.1, -0.05) is 90.5 Å². The minimum absolute atomic E-state index is 0. The standard InChI is InChI=1S/C19H12NS.C15H10NO.C5H8O2.2Ir/c1-2-6-14(7-3-1)16-10-11-17(20-13-16)19-12-15-8-4-5-9-18(15)21-19;1-3-7-12(8-4-1)14-11-16-15(17-14)13-9-5-2-6-10-13;1-4(6)3-5(2)7;;/h1-11,13H;1-9,11H;3,6H,1-2H3;;/q2*-1;;;. The number of hydrogen-bond acceptors (Lipinski definition) is 6. The first-order chi connectivity index (χ1) is 22.0. The SMILES string of the molecule is CC(=O)C=C(C)O.[Ir].[Ir].[c-]1c(-c2ccc(-c3ccccc3)cn2)sc2ccccc12.[c-]1ccccc1-c1ncc(-c2ccccc2)o1. The van der Waals surface area contributed by atoms with Crippen molar-refractivity contribution in [2.75, 3.05) is 0 Å². The van der Waals surface area contributed by atoms with Gasteiger partial charge < -0.3 is 14.5 Å². The molecule has 7 aromatic rings. The van der Waals surface area contributed by atoms with Gasteiger partial charge in [-0.15, -0.1) is 53.9 Å². The van der Waals surface area contributed by atoms with Gasteiger partial charge in [-0.3, -0.25) is 9.78 Å². The monoisotopic (exact) mass is 992 g/mol. The van der Waals surface area contributed by atoms with Crippen molar-refractivity contribution in [2.24, 2.45) is 0 Å². The summed E-state index contributed by atoms with van der Waals surface area (Å²) in [5.41, 5.74) is 5.21. The summed E-state index contributed by atoms with van der Waals surface area (Å²) in [5.74, 6) is 1.31. The third-order valence-corrected chi connectivity index (χ3v) is 7.46. The number of hydrogen-bond donors (Lipinski definition) is 1. The molecule has 3 aromatic heterocycles. The minimum atomic E-state index is -0.125. The number of rotatable bonds is 5. The number of aliphatic hydroxyl groups excluding tert-OH is 1. The number of pyridine rings is 1. The zero-order valence-electron chi connectivity index (χ0n) is 25.5. The number of nitrogens with zero attached hydrogens (tertiary/aromatic N) is 2. The molecule has 7 rings (SSSR count). The average molecular weight is 991 g/mol. The van der Waals surface area contributed by atoms with Crippen LogP contribution in [0.3, 0.4) is 0 Å². The van der Waals surface area contributed by atoms with Crippen molar-refractivity contribution in [3.05, 3.63) is 158 Å². The van der Waals surface area contributed by atoms with Crippen molar-refractivity contribution < 1.29 is 54.5 Å². The molecule has 2 radical (unpaired) electrons. The van der Waals surface area contributed by atoms with Gasteiger partial charge in [-0.2, -0.15) is 0 Å². The van der Waals surface area contributed by atoms with Gasteiger partial charge >= 0.3 is 0 Å². The summed E-state index contributed by atoms with van der Waals surface area (Å²) in [5, 5.41) is 9.52. The van der Waals surface area contributed by atoms with Crippen LogP contribution in [-0.2, 0) is 45.0 Å². The molecule has 0 spiro atoms. The van der Waals surface area contributed by atoms with Crippen LogP contribution in [0, 0.1) is 12.1 Å². The van der Waals surface area contributed by atoms with Crippen LogP contribution in [0.2, 0.25) is 0 Å². The normalized spacial score (nSPS) is 10.3. The third-order valence-electron chi connectivity index (χ3n) is 6.37. The molecule has 47 heavy (non-hydrogen) atoms. The van der Waals surface area contributed by atoms with E-state index in [1.807, 2.05) is 85.1 Å². The Hall–Kier alpha value is -4.29. The Morgan fingerprint density at radius 3 is 1.98 bits per heavy atom. The topological polar surface area (TPSA) is 76.2 Å². The van der Waals surface area contributed by atoms with Crippen LogP contribution < -0.4 is 0 Å². The Morgan fingerprint density at radius 2 is 1.40 bits per heavy atom. The van der Waals surface area contributed by atoms with E-state index in [1.165, 1.54) is 30.2 Å². The van der Waals surface area contributed by atoms with Crippen LogP contribution in [-0.4, -0.2) is 20.9 Å². The minimum Gasteiger partial charge on any atom is -0.512 e. The molecule has 0 saturated heterocycles. The summed E-state index contributed by atoms with van der Waals surface area (Å²) in [7, 11) is 0. The molecule has 3 heterocycles. The molecule has 0 aliphatic rings. The summed E-state index contributed by atoms with van der Waals surface area (Å²) in [6.45, 7) is 2.85. The Kier molecular flexibility index (Phi) is 14.8. The zero-order chi connectivity index (χ0) is 31.4. The second kappa shape index (κ2) is 18.8. The predicted molar refractivity (Wildman–Crippen MR) is 183 cm³/mol. The van der Waals surface area contributed by atoms with E-state index in [9.17, 15) is 4.79 Å². The molecule has 0 saturated carbocycles. The number of aromatic nitrogens is 2. The molecule has 4 aromatic carbocycles. The van der Waals surface area contributed by atoms with Gasteiger partial charge in [0.25, 0.3) is 0 Å². The van der Waals surface area contributed by atoms with Crippen LogP contribution in [0.5, 0.6) is 0 Å². The fourth-order valence-corrected chi connectivity index (χ4v) is 5.30. The molecule has 0 unspecified atom stereocenters. The molecule has 0 fully saturated rings. The van der Waals surface area contributed by atoms with Crippen LogP contribution in [0.1, 0.15) is 13.8 Å². The number of thiophene rings is 1. The van der Waals surface area contributed by atoms with Crippen molar-refractivity contribution in [2.45, 2.75) is 13.8 Å². The maximum absolute atomic E-state index is 10.0. The summed E-state index contributed by atoms with van der Waals surface area (Å²) >= 11 is 1.73. The summed E-state index contributed by atoms with van der Waals surface area (Å²) in [6.07, 6.45) is 4.84. The number of carbonyl (C=O) groups excluding carboxylic acids is 1. The third kappa shape index (κ3) is 10.9. The Labute approximate surface area is 305 Å². The van der Waals surface area contributed by atoms with E-state index in [4.69, 9.17) is 9.52 Å². The van der Waals surface area contributed by atoms with Gasteiger partial charge in [0.1, 0.15) is 11.7 Å². The molecule has 0 aliphatic carbocycles. The molecule has 0 atom stereocenters.